The molecule has 2 aromatic carbocycles. The van der Waals surface area contributed by atoms with Crippen LogP contribution < -0.4 is 4.90 Å². The molecule has 5 rings (SSSR count). The van der Waals surface area contributed by atoms with Crippen LogP contribution in [-0.2, 0) is 20.8 Å². The van der Waals surface area contributed by atoms with E-state index in [0.717, 1.165) is 0 Å². The van der Waals surface area contributed by atoms with Crippen LogP contribution in [0, 0.1) is 23.0 Å². The van der Waals surface area contributed by atoms with E-state index in [1.807, 2.05) is 58.6 Å². The molecule has 226 valence electrons. The van der Waals surface area contributed by atoms with Crippen molar-refractivity contribution < 1.29 is 32.6 Å². The summed E-state index contributed by atoms with van der Waals surface area (Å²) in [4.78, 5) is 33.3. The number of fused-ring (bicyclic) bond motifs is 1. The van der Waals surface area contributed by atoms with Crippen LogP contribution in [-0.4, -0.2) is 65.9 Å². The predicted molar refractivity (Wildman–Crippen MR) is 157 cm³/mol. The van der Waals surface area contributed by atoms with Crippen molar-refractivity contribution in [2.45, 2.75) is 59.4 Å². The number of aromatic nitrogens is 1. The molecule has 0 unspecified atom stereocenters. The number of likely N-dealkylation sites (tertiary alicyclic amines) is 1. The first kappa shape index (κ1) is 30.2. The Morgan fingerprint density at radius 3 is 2.43 bits per heavy atom. The molecular formula is C31H37F2N3O5S. The Morgan fingerprint density at radius 2 is 1.74 bits per heavy atom. The van der Waals surface area contributed by atoms with Crippen molar-refractivity contribution in [3.63, 3.8) is 0 Å². The number of halogens is 2. The highest BCUT2D eigenvalue weighted by Crippen LogP contribution is 2.47. The first-order chi connectivity index (χ1) is 19.7. The number of esters is 1. The molecule has 0 N–H and O–H groups in total. The molecule has 0 aliphatic carbocycles. The molecule has 11 heteroatoms. The number of anilines is 1. The van der Waals surface area contributed by atoms with E-state index in [0.29, 0.717) is 54.3 Å². The van der Waals surface area contributed by atoms with Gasteiger partial charge in [-0.2, -0.15) is 0 Å². The van der Waals surface area contributed by atoms with Crippen molar-refractivity contribution in [2.75, 3.05) is 37.7 Å². The number of amides is 1. The second kappa shape index (κ2) is 11.1. The topological polar surface area (TPSA) is 81.2 Å². The lowest BCUT2D eigenvalue weighted by molar-refractivity contribution is -0.0598. The van der Waals surface area contributed by atoms with Crippen molar-refractivity contribution in [3.8, 4) is 0 Å². The normalized spacial score (nSPS) is 18.4. The molecule has 0 bridgehead atoms. The van der Waals surface area contributed by atoms with Crippen LogP contribution in [0.15, 0.2) is 35.8 Å². The maximum atomic E-state index is 14.6. The Labute approximate surface area is 248 Å². The molecule has 1 spiro atoms. The van der Waals surface area contributed by atoms with Gasteiger partial charge in [-0.25, -0.2) is 23.4 Å². The molecule has 2 aliphatic heterocycles. The van der Waals surface area contributed by atoms with Crippen molar-refractivity contribution in [2.24, 2.45) is 11.3 Å². The first-order valence-electron chi connectivity index (χ1n) is 14.0. The molecule has 2 saturated heterocycles. The zero-order valence-corrected chi connectivity index (χ0v) is 25.6. The molecule has 1 aromatic heterocycles. The fraction of sp³-hybridized carbons (Fsp3) is 0.516. The molecule has 8 nitrogen and oxygen atoms in total. The van der Waals surface area contributed by atoms with Gasteiger partial charge in [-0.3, -0.25) is 0 Å². The van der Waals surface area contributed by atoms with E-state index in [4.69, 9.17) is 14.2 Å². The lowest BCUT2D eigenvalue weighted by Crippen LogP contribution is -2.63. The average molecular weight is 602 g/mol. The van der Waals surface area contributed by atoms with Crippen LogP contribution >= 0.6 is 11.3 Å². The van der Waals surface area contributed by atoms with Crippen LogP contribution in [0.1, 0.15) is 57.5 Å². The van der Waals surface area contributed by atoms with Crippen LogP contribution in [0.4, 0.5) is 19.3 Å². The Morgan fingerprint density at radius 1 is 1.05 bits per heavy atom. The molecule has 2 aliphatic rings. The van der Waals surface area contributed by atoms with Gasteiger partial charge in [0.05, 0.1) is 34.7 Å². The van der Waals surface area contributed by atoms with Gasteiger partial charge in [0.1, 0.15) is 16.7 Å². The van der Waals surface area contributed by atoms with Crippen LogP contribution in [0.2, 0.25) is 0 Å². The number of rotatable bonds is 6. The number of benzene rings is 2. The summed E-state index contributed by atoms with van der Waals surface area (Å²) in [5, 5.41) is 0. The van der Waals surface area contributed by atoms with E-state index in [2.05, 4.69) is 4.98 Å². The summed E-state index contributed by atoms with van der Waals surface area (Å²) in [5.41, 5.74) is 1.71. The van der Waals surface area contributed by atoms with Gasteiger partial charge in [0.2, 0.25) is 0 Å². The van der Waals surface area contributed by atoms with E-state index >= 15 is 0 Å². The summed E-state index contributed by atoms with van der Waals surface area (Å²) in [7, 11) is 0. The molecule has 0 saturated carbocycles. The summed E-state index contributed by atoms with van der Waals surface area (Å²) < 4.78 is 47.0. The van der Waals surface area contributed by atoms with Gasteiger partial charge in [-0.1, -0.05) is 18.2 Å². The second-order valence-corrected chi connectivity index (χ2v) is 14.0. The van der Waals surface area contributed by atoms with E-state index in [1.54, 1.807) is 17.0 Å². The Balaban J connectivity index is 1.35. The molecule has 0 radical (unpaired) electrons. The summed E-state index contributed by atoms with van der Waals surface area (Å²) in [6.07, 6.45) is -0.379. The van der Waals surface area contributed by atoms with Gasteiger partial charge >= 0.3 is 12.1 Å². The first-order valence-corrected chi connectivity index (χ1v) is 14.9. The third kappa shape index (κ3) is 6.22. The van der Waals surface area contributed by atoms with E-state index in [1.165, 1.54) is 22.9 Å². The monoisotopic (exact) mass is 601 g/mol. The third-order valence-corrected chi connectivity index (χ3v) is 8.36. The summed E-state index contributed by atoms with van der Waals surface area (Å²) in [6.45, 7) is 13.4. The van der Waals surface area contributed by atoms with Crippen LogP contribution in [0.5, 0.6) is 0 Å². The highest BCUT2D eigenvalue weighted by Gasteiger charge is 2.56. The minimum Gasteiger partial charge on any atom is -0.456 e. The number of thiazole rings is 1. The van der Waals surface area contributed by atoms with Gasteiger partial charge in [0.15, 0.2) is 11.6 Å². The summed E-state index contributed by atoms with van der Waals surface area (Å²) in [6, 6.07) is 8.42. The minimum absolute atomic E-state index is 0.0199. The lowest BCUT2D eigenvalue weighted by Gasteiger charge is -2.50. The lowest BCUT2D eigenvalue weighted by atomic mass is 9.72. The maximum Gasteiger partial charge on any atom is 0.410 e. The molecule has 1 atom stereocenters. The highest BCUT2D eigenvalue weighted by atomic mass is 32.1. The van der Waals surface area contributed by atoms with Gasteiger partial charge in [-0.05, 0) is 53.2 Å². The largest absolute Gasteiger partial charge is 0.456 e. The zero-order chi connectivity index (χ0) is 30.4. The van der Waals surface area contributed by atoms with Crippen LogP contribution in [0.25, 0.3) is 10.2 Å². The smallest absolute Gasteiger partial charge is 0.410 e. The highest BCUT2D eigenvalue weighted by molar-refractivity contribution is 7.17. The fourth-order valence-corrected chi connectivity index (χ4v) is 6.47. The number of nitrogens with zero attached hydrogens (tertiary/aromatic N) is 3. The van der Waals surface area contributed by atoms with E-state index < -0.39 is 28.8 Å². The van der Waals surface area contributed by atoms with Gasteiger partial charge in [-0.15, -0.1) is 11.3 Å². The zero-order valence-electron chi connectivity index (χ0n) is 24.8. The van der Waals surface area contributed by atoms with Gasteiger partial charge in [0.25, 0.3) is 0 Å². The molecule has 2 fully saturated rings. The van der Waals surface area contributed by atoms with Crippen LogP contribution in [0.3, 0.4) is 0 Å². The maximum absolute atomic E-state index is 14.6. The van der Waals surface area contributed by atoms with Crippen molar-refractivity contribution in [1.82, 2.24) is 9.88 Å². The quantitative estimate of drug-likeness (QED) is 0.302. The molecule has 42 heavy (non-hydrogen) atoms. The standard InChI is InChI=1S/C31H37F2N3O5S/c1-29(2,3)40-27(37)21-10-8-7-9-19(21)13-39-14-20-12-35(23-11-22(32)24(33)25-26(23)42-18-34-25)15-31(20)16-36(17-31)28(38)41-30(4,5)6/h7-11,18,20H,12-17H2,1-6H3/t20-/m0/s1. The van der Waals surface area contributed by atoms with Crippen molar-refractivity contribution in [3.05, 3.63) is 58.6 Å². The Hall–Kier alpha value is -3.31. The number of carbonyl (C=O) groups excluding carboxylic acids is 2. The number of carbonyl (C=O) groups is 2. The minimum atomic E-state index is -0.952. The molecule has 3 aromatic rings. The molecular weight excluding hydrogens is 564 g/mol. The molecule has 3 heterocycles. The van der Waals surface area contributed by atoms with Crippen molar-refractivity contribution in [1.29, 1.82) is 0 Å². The van der Waals surface area contributed by atoms with Gasteiger partial charge < -0.3 is 24.0 Å². The number of ether oxygens (including phenoxy) is 3. The Bertz CT molecular complexity index is 1490. The third-order valence-electron chi connectivity index (χ3n) is 7.51. The number of hydrogen-bond acceptors (Lipinski definition) is 8. The van der Waals surface area contributed by atoms with Gasteiger partial charge in [0, 0.05) is 43.6 Å². The second-order valence-electron chi connectivity index (χ2n) is 13.2. The van der Waals surface area contributed by atoms with Crippen molar-refractivity contribution >= 4 is 39.3 Å². The Kier molecular flexibility index (Phi) is 7.95. The fourth-order valence-electron chi connectivity index (χ4n) is 5.64. The van der Waals surface area contributed by atoms with E-state index in [9.17, 15) is 18.4 Å². The number of hydrogen-bond donors (Lipinski definition) is 0. The average Bonchev–Trinajstić information content (AvgIpc) is 3.49. The predicted octanol–water partition coefficient (Wildman–Crippen LogP) is 6.42. The molecule has 1 amide bonds. The SMILES string of the molecule is CC(C)(C)OC(=O)c1ccccc1COC[C@@H]1CN(c2cc(F)c(F)c3ncsc23)CC12CN(C(=O)OC(C)(C)C)C2. The summed E-state index contributed by atoms with van der Waals surface area (Å²) >= 11 is 1.27. The summed E-state index contributed by atoms with van der Waals surface area (Å²) in [5.74, 6) is -2.34. The van der Waals surface area contributed by atoms with E-state index in [-0.39, 0.29) is 29.5 Å².